The zero-order valence-corrected chi connectivity index (χ0v) is 16.5. The van der Waals surface area contributed by atoms with E-state index in [1.54, 1.807) is 30.3 Å². The summed E-state index contributed by atoms with van der Waals surface area (Å²) >= 11 is 4.47. The Hall–Kier alpha value is -0.840. The summed E-state index contributed by atoms with van der Waals surface area (Å²) in [6.45, 7) is 1.97. The highest BCUT2D eigenvalue weighted by Crippen LogP contribution is 2.29. The van der Waals surface area contributed by atoms with Gasteiger partial charge in [0.1, 0.15) is 10.0 Å². The van der Waals surface area contributed by atoms with Crippen molar-refractivity contribution in [2.24, 2.45) is 0 Å². The van der Waals surface area contributed by atoms with Crippen LogP contribution in [0.5, 0.6) is 0 Å². The number of β-amino-alcohol motifs (C(OH)–C–C–N with tert-alkyl or cyclic N) is 1. The second kappa shape index (κ2) is 7.81. The first-order valence-electron chi connectivity index (χ1n) is 7.78. The highest BCUT2D eigenvalue weighted by Gasteiger charge is 2.30. The summed E-state index contributed by atoms with van der Waals surface area (Å²) in [6.07, 6.45) is -0.933. The lowest BCUT2D eigenvalue weighted by Crippen LogP contribution is -2.49. The minimum Gasteiger partial charge on any atom is -0.387 e. The minimum atomic E-state index is -3.48. The van der Waals surface area contributed by atoms with Gasteiger partial charge in [-0.3, -0.25) is 4.90 Å². The molecule has 0 aliphatic carbocycles. The minimum absolute atomic E-state index is 0.265. The van der Waals surface area contributed by atoms with Gasteiger partial charge in [0.2, 0.25) is 0 Å². The molecule has 0 unspecified atom stereocenters. The Bertz CT molecular complexity index is 835. The summed E-state index contributed by atoms with van der Waals surface area (Å²) in [6, 6.07) is 9.47. The van der Waals surface area contributed by atoms with Gasteiger partial charge in [0.05, 0.1) is 9.89 Å². The van der Waals surface area contributed by atoms with Crippen LogP contribution >= 0.6 is 27.3 Å². The molecule has 9 heteroatoms. The van der Waals surface area contributed by atoms with Gasteiger partial charge in [-0.05, 0) is 34.1 Å². The van der Waals surface area contributed by atoms with Crippen molar-refractivity contribution in [1.29, 1.82) is 0 Å². The van der Waals surface area contributed by atoms with Gasteiger partial charge < -0.3 is 5.11 Å². The van der Waals surface area contributed by atoms with Gasteiger partial charge in [0.15, 0.2) is 0 Å². The third-order valence-electron chi connectivity index (χ3n) is 4.17. The SMILES string of the molecule is O=S(=O)(c1ccc(Br)s1)N1CCN(C[C@H](O)c2ccccc2F)CC1. The lowest BCUT2D eigenvalue weighted by molar-refractivity contribution is 0.0899. The smallest absolute Gasteiger partial charge is 0.252 e. The van der Waals surface area contributed by atoms with Crippen LogP contribution in [0.4, 0.5) is 4.39 Å². The van der Waals surface area contributed by atoms with Gasteiger partial charge in [-0.25, -0.2) is 12.8 Å². The zero-order chi connectivity index (χ0) is 18.0. The number of sulfonamides is 1. The van der Waals surface area contributed by atoms with Crippen LogP contribution in [0, 0.1) is 5.82 Å². The monoisotopic (exact) mass is 448 g/mol. The molecule has 3 rings (SSSR count). The van der Waals surface area contributed by atoms with Gasteiger partial charge in [-0.1, -0.05) is 18.2 Å². The molecule has 1 saturated heterocycles. The largest absolute Gasteiger partial charge is 0.387 e. The number of halogens is 2. The van der Waals surface area contributed by atoms with Crippen LogP contribution in [0.15, 0.2) is 44.4 Å². The molecular weight excluding hydrogens is 431 g/mol. The number of nitrogens with zero attached hydrogens (tertiary/aromatic N) is 2. The van der Waals surface area contributed by atoms with Gasteiger partial charge in [-0.2, -0.15) is 4.31 Å². The first-order chi connectivity index (χ1) is 11.9. The van der Waals surface area contributed by atoms with E-state index in [0.717, 1.165) is 3.79 Å². The van der Waals surface area contributed by atoms with Gasteiger partial charge in [0.25, 0.3) is 10.0 Å². The summed E-state index contributed by atoms with van der Waals surface area (Å²) in [5.74, 6) is -0.431. The van der Waals surface area contributed by atoms with Gasteiger partial charge >= 0.3 is 0 Å². The van der Waals surface area contributed by atoms with E-state index in [0.29, 0.717) is 30.4 Å². The molecule has 0 radical (unpaired) electrons. The van der Waals surface area contributed by atoms with Gasteiger partial charge in [-0.15, -0.1) is 11.3 Å². The van der Waals surface area contributed by atoms with Crippen LogP contribution in [0.3, 0.4) is 0 Å². The number of rotatable bonds is 5. The maximum atomic E-state index is 13.7. The fraction of sp³-hybridized carbons (Fsp3) is 0.375. The lowest BCUT2D eigenvalue weighted by Gasteiger charge is -2.34. The lowest BCUT2D eigenvalue weighted by atomic mass is 10.1. The van der Waals surface area contributed by atoms with E-state index < -0.39 is 21.9 Å². The van der Waals surface area contributed by atoms with Crippen LogP contribution in [0.25, 0.3) is 0 Å². The second-order valence-corrected chi connectivity index (χ2v) is 10.4. The van der Waals surface area contributed by atoms with Crippen LogP contribution in [-0.2, 0) is 10.0 Å². The van der Waals surface area contributed by atoms with Crippen LogP contribution in [0.2, 0.25) is 0 Å². The molecule has 5 nitrogen and oxygen atoms in total. The standard InChI is InChI=1S/C16H18BrFN2O3S2/c17-15-5-6-16(24-15)25(22,23)20-9-7-19(8-10-20)11-14(21)12-3-1-2-4-13(12)18/h1-6,14,21H,7-11H2/t14-/m0/s1. The Kier molecular flexibility index (Phi) is 5.92. The van der Waals surface area contributed by atoms with Crippen molar-refractivity contribution in [1.82, 2.24) is 9.21 Å². The molecule has 1 aliphatic heterocycles. The Labute approximate surface area is 158 Å². The van der Waals surface area contributed by atoms with Crippen molar-refractivity contribution in [2.45, 2.75) is 10.3 Å². The molecule has 1 aliphatic rings. The number of piperazine rings is 1. The molecule has 0 saturated carbocycles. The molecule has 0 bridgehead atoms. The van der Waals surface area contributed by atoms with E-state index in [4.69, 9.17) is 0 Å². The number of aliphatic hydroxyl groups excluding tert-OH is 1. The summed E-state index contributed by atoms with van der Waals surface area (Å²) in [5, 5.41) is 10.2. The topological polar surface area (TPSA) is 60.9 Å². The molecule has 1 N–H and O–H groups in total. The highest BCUT2D eigenvalue weighted by molar-refractivity contribution is 9.11. The van der Waals surface area contributed by atoms with E-state index in [2.05, 4.69) is 15.9 Å². The van der Waals surface area contributed by atoms with E-state index in [9.17, 15) is 17.9 Å². The van der Waals surface area contributed by atoms with Crippen molar-refractivity contribution >= 4 is 37.3 Å². The molecule has 0 amide bonds. The molecule has 1 aromatic heterocycles. The Morgan fingerprint density at radius 1 is 1.16 bits per heavy atom. The molecule has 1 aromatic carbocycles. The fourth-order valence-electron chi connectivity index (χ4n) is 2.80. The quantitative estimate of drug-likeness (QED) is 0.763. The third-order valence-corrected chi connectivity index (χ3v) is 8.16. The normalized spacial score (nSPS) is 18.4. The highest BCUT2D eigenvalue weighted by atomic mass is 79.9. The summed E-state index contributed by atoms with van der Waals surface area (Å²) in [5.41, 5.74) is 0.265. The average molecular weight is 449 g/mol. The number of thiophene rings is 1. The maximum absolute atomic E-state index is 13.7. The van der Waals surface area contributed by atoms with Gasteiger partial charge in [0, 0.05) is 38.3 Å². The summed E-state index contributed by atoms with van der Waals surface area (Å²) in [7, 11) is -3.48. The number of hydrogen-bond acceptors (Lipinski definition) is 5. The van der Waals surface area contributed by atoms with Crippen molar-refractivity contribution in [3.63, 3.8) is 0 Å². The predicted molar refractivity (Wildman–Crippen MR) is 98.6 cm³/mol. The second-order valence-electron chi connectivity index (χ2n) is 5.80. The number of benzene rings is 1. The fourth-order valence-corrected chi connectivity index (χ4v) is 6.39. The van der Waals surface area contributed by atoms with Crippen LogP contribution in [-0.4, -0.2) is 55.5 Å². The zero-order valence-electron chi connectivity index (χ0n) is 13.3. The molecule has 1 fully saturated rings. The van der Waals surface area contributed by atoms with Crippen molar-refractivity contribution in [2.75, 3.05) is 32.7 Å². The van der Waals surface area contributed by atoms with E-state index in [-0.39, 0.29) is 12.1 Å². The van der Waals surface area contributed by atoms with E-state index >= 15 is 0 Å². The van der Waals surface area contributed by atoms with Crippen LogP contribution < -0.4 is 0 Å². The maximum Gasteiger partial charge on any atom is 0.252 e. The number of hydrogen-bond donors (Lipinski definition) is 1. The Morgan fingerprint density at radius 2 is 1.84 bits per heavy atom. The Morgan fingerprint density at radius 3 is 2.44 bits per heavy atom. The molecular formula is C16H18BrFN2O3S2. The molecule has 25 heavy (non-hydrogen) atoms. The predicted octanol–water partition coefficient (Wildman–Crippen LogP) is 2.69. The first-order valence-corrected chi connectivity index (χ1v) is 10.8. The third kappa shape index (κ3) is 4.29. The van der Waals surface area contributed by atoms with Crippen molar-refractivity contribution in [3.05, 3.63) is 51.6 Å². The molecule has 136 valence electrons. The molecule has 2 heterocycles. The van der Waals surface area contributed by atoms with Crippen LogP contribution in [0.1, 0.15) is 11.7 Å². The Balaban J connectivity index is 1.60. The average Bonchev–Trinajstić information content (AvgIpc) is 3.03. The van der Waals surface area contributed by atoms with E-state index in [1.165, 1.54) is 21.7 Å². The molecule has 0 spiro atoms. The van der Waals surface area contributed by atoms with Crippen molar-refractivity contribution < 1.29 is 17.9 Å². The summed E-state index contributed by atoms with van der Waals surface area (Å²) in [4.78, 5) is 1.95. The molecule has 1 atom stereocenters. The summed E-state index contributed by atoms with van der Waals surface area (Å²) < 4.78 is 41.5. The van der Waals surface area contributed by atoms with E-state index in [1.807, 2.05) is 4.90 Å². The number of aliphatic hydroxyl groups is 1. The van der Waals surface area contributed by atoms with Crippen molar-refractivity contribution in [3.8, 4) is 0 Å². The molecule has 2 aromatic rings. The first kappa shape index (κ1) is 18.9.